The molecule has 0 aliphatic carbocycles. The number of nitrogens with two attached hydrogens (primary N) is 1. The molecule has 0 unspecified atom stereocenters. The smallest absolute Gasteiger partial charge is 0.0871 e. The van der Waals surface area contributed by atoms with Gasteiger partial charge in [0.1, 0.15) is 0 Å². The summed E-state index contributed by atoms with van der Waals surface area (Å²) in [5.74, 6) is 0.693. The Balaban J connectivity index is 2.68. The zero-order chi connectivity index (χ0) is 13.4. The fourth-order valence-corrected chi connectivity index (χ4v) is 1.94. The summed E-state index contributed by atoms with van der Waals surface area (Å²) in [7, 11) is 1.72. The average molecular weight is 254 g/mol. The van der Waals surface area contributed by atoms with Crippen molar-refractivity contribution in [3.05, 3.63) is 11.4 Å². The lowest BCUT2D eigenvalue weighted by Crippen LogP contribution is -2.11. The number of aryl methyl sites for hydroxylation is 1. The molecule has 0 amide bonds. The molecule has 18 heavy (non-hydrogen) atoms. The van der Waals surface area contributed by atoms with Crippen molar-refractivity contribution < 1.29 is 4.74 Å². The monoisotopic (exact) mass is 254 g/mol. The Morgan fingerprint density at radius 3 is 2.72 bits per heavy atom. The molecule has 0 bridgehead atoms. The molecule has 104 valence electrons. The average Bonchev–Trinajstić information content (AvgIpc) is 2.70. The zero-order valence-electron chi connectivity index (χ0n) is 11.9. The molecule has 0 saturated heterocycles. The van der Waals surface area contributed by atoms with E-state index in [4.69, 9.17) is 10.5 Å². The Bertz CT molecular complexity index is 336. The van der Waals surface area contributed by atoms with Gasteiger partial charge in [0.15, 0.2) is 0 Å². The molecular weight excluding hydrogens is 228 g/mol. The van der Waals surface area contributed by atoms with Gasteiger partial charge in [0.2, 0.25) is 0 Å². The van der Waals surface area contributed by atoms with Crippen molar-refractivity contribution in [2.24, 2.45) is 11.7 Å². The van der Waals surface area contributed by atoms with E-state index in [0.29, 0.717) is 12.5 Å². The first-order valence-electron chi connectivity index (χ1n) is 6.79. The van der Waals surface area contributed by atoms with Crippen LogP contribution < -0.4 is 5.73 Å². The van der Waals surface area contributed by atoms with Crippen LogP contribution in [-0.4, -0.2) is 35.3 Å². The highest BCUT2D eigenvalue weighted by atomic mass is 16.5. The van der Waals surface area contributed by atoms with Gasteiger partial charge in [0.25, 0.3) is 0 Å². The van der Waals surface area contributed by atoms with Gasteiger partial charge in [-0.05, 0) is 31.7 Å². The van der Waals surface area contributed by atoms with Crippen molar-refractivity contribution in [3.63, 3.8) is 0 Å². The van der Waals surface area contributed by atoms with Gasteiger partial charge in [-0.15, -0.1) is 5.10 Å². The molecule has 0 atom stereocenters. The summed E-state index contributed by atoms with van der Waals surface area (Å²) < 4.78 is 7.09. The molecule has 1 aromatic heterocycles. The predicted molar refractivity (Wildman–Crippen MR) is 72.4 cm³/mol. The van der Waals surface area contributed by atoms with Crippen LogP contribution in [0.4, 0.5) is 0 Å². The molecule has 0 aromatic carbocycles. The van der Waals surface area contributed by atoms with Crippen LogP contribution in [0.2, 0.25) is 0 Å². The molecule has 1 heterocycles. The van der Waals surface area contributed by atoms with Gasteiger partial charge < -0.3 is 10.5 Å². The number of nitrogens with zero attached hydrogens (tertiary/aromatic N) is 3. The van der Waals surface area contributed by atoms with Crippen LogP contribution >= 0.6 is 0 Å². The normalized spacial score (nSPS) is 11.4. The number of aromatic nitrogens is 3. The lowest BCUT2D eigenvalue weighted by Gasteiger charge is -2.09. The molecule has 0 spiro atoms. The Kier molecular flexibility index (Phi) is 6.90. The minimum absolute atomic E-state index is 0.630. The number of methoxy groups -OCH3 is 1. The second kappa shape index (κ2) is 8.21. The van der Waals surface area contributed by atoms with Gasteiger partial charge in [-0.2, -0.15) is 0 Å². The highest BCUT2D eigenvalue weighted by Gasteiger charge is 2.12. The summed E-state index contributed by atoms with van der Waals surface area (Å²) in [5, 5.41) is 8.49. The van der Waals surface area contributed by atoms with E-state index in [9.17, 15) is 0 Å². The lowest BCUT2D eigenvalue weighted by atomic mass is 10.0. The molecule has 0 aliphatic rings. The maximum absolute atomic E-state index is 5.62. The Morgan fingerprint density at radius 2 is 2.11 bits per heavy atom. The summed E-state index contributed by atoms with van der Waals surface area (Å²) in [6.45, 7) is 6.74. The van der Waals surface area contributed by atoms with Gasteiger partial charge in [0, 0.05) is 26.7 Å². The van der Waals surface area contributed by atoms with Gasteiger partial charge >= 0.3 is 0 Å². The predicted octanol–water partition coefficient (Wildman–Crippen LogP) is 1.40. The van der Waals surface area contributed by atoms with Crippen molar-refractivity contribution in [1.29, 1.82) is 0 Å². The minimum atomic E-state index is 0.630. The summed E-state index contributed by atoms with van der Waals surface area (Å²) >= 11 is 0. The molecule has 0 fully saturated rings. The Hall–Kier alpha value is -0.940. The zero-order valence-corrected chi connectivity index (χ0v) is 11.9. The molecule has 5 nitrogen and oxygen atoms in total. The quantitative estimate of drug-likeness (QED) is 0.677. The van der Waals surface area contributed by atoms with Crippen molar-refractivity contribution >= 4 is 0 Å². The van der Waals surface area contributed by atoms with E-state index in [1.54, 1.807) is 7.11 Å². The van der Waals surface area contributed by atoms with Crippen LogP contribution in [0.1, 0.15) is 38.1 Å². The van der Waals surface area contributed by atoms with Gasteiger partial charge in [-0.3, -0.25) is 0 Å². The molecule has 0 aliphatic heterocycles. The van der Waals surface area contributed by atoms with E-state index in [2.05, 4.69) is 24.2 Å². The first kappa shape index (κ1) is 15.1. The van der Waals surface area contributed by atoms with E-state index in [1.165, 1.54) is 5.69 Å². The van der Waals surface area contributed by atoms with E-state index < -0.39 is 0 Å². The first-order valence-corrected chi connectivity index (χ1v) is 6.79. The fourth-order valence-electron chi connectivity index (χ4n) is 1.94. The molecule has 2 N–H and O–H groups in total. The fraction of sp³-hybridized carbons (Fsp3) is 0.846. The van der Waals surface area contributed by atoms with Crippen LogP contribution in [0.5, 0.6) is 0 Å². The SMILES string of the molecule is COCCCn1nnc(CCN)c1CCC(C)C. The highest BCUT2D eigenvalue weighted by Crippen LogP contribution is 2.13. The summed E-state index contributed by atoms with van der Waals surface area (Å²) in [6.07, 6.45) is 3.98. The van der Waals surface area contributed by atoms with E-state index in [1.807, 2.05) is 4.68 Å². The molecule has 0 saturated carbocycles. The maximum atomic E-state index is 5.62. The van der Waals surface area contributed by atoms with Gasteiger partial charge in [-0.25, -0.2) is 4.68 Å². The molecule has 5 heteroatoms. The highest BCUT2D eigenvalue weighted by molar-refractivity contribution is 5.11. The molecule has 1 aromatic rings. The second-order valence-corrected chi connectivity index (χ2v) is 5.02. The molecular formula is C13H26N4O. The molecule has 1 rings (SSSR count). The van der Waals surface area contributed by atoms with E-state index in [-0.39, 0.29) is 0 Å². The van der Waals surface area contributed by atoms with Crippen LogP contribution in [0.3, 0.4) is 0 Å². The maximum Gasteiger partial charge on any atom is 0.0871 e. The second-order valence-electron chi connectivity index (χ2n) is 5.02. The Labute approximate surface area is 110 Å². The largest absolute Gasteiger partial charge is 0.385 e. The van der Waals surface area contributed by atoms with E-state index in [0.717, 1.165) is 44.5 Å². The number of hydrogen-bond donors (Lipinski definition) is 1. The number of hydrogen-bond acceptors (Lipinski definition) is 4. The van der Waals surface area contributed by atoms with Gasteiger partial charge in [0.05, 0.1) is 11.4 Å². The van der Waals surface area contributed by atoms with Crippen LogP contribution in [0.25, 0.3) is 0 Å². The van der Waals surface area contributed by atoms with Crippen molar-refractivity contribution in [3.8, 4) is 0 Å². The topological polar surface area (TPSA) is 66.0 Å². The number of rotatable bonds is 9. The third-order valence-electron chi connectivity index (χ3n) is 2.98. The Morgan fingerprint density at radius 1 is 1.33 bits per heavy atom. The summed E-state index contributed by atoms with van der Waals surface area (Å²) in [6, 6.07) is 0. The van der Waals surface area contributed by atoms with Crippen molar-refractivity contribution in [2.75, 3.05) is 20.3 Å². The standard InChI is InChI=1S/C13H26N4O/c1-11(2)5-6-13-12(7-8-14)15-16-17(13)9-4-10-18-3/h11H,4-10,14H2,1-3H3. The van der Waals surface area contributed by atoms with Crippen molar-refractivity contribution in [2.45, 2.75) is 46.1 Å². The molecule has 0 radical (unpaired) electrons. The minimum Gasteiger partial charge on any atom is -0.385 e. The lowest BCUT2D eigenvalue weighted by molar-refractivity contribution is 0.188. The third kappa shape index (κ3) is 4.74. The van der Waals surface area contributed by atoms with Crippen LogP contribution in [0, 0.1) is 5.92 Å². The summed E-state index contributed by atoms with van der Waals surface area (Å²) in [4.78, 5) is 0. The van der Waals surface area contributed by atoms with Crippen LogP contribution in [-0.2, 0) is 24.1 Å². The van der Waals surface area contributed by atoms with E-state index >= 15 is 0 Å². The van der Waals surface area contributed by atoms with Gasteiger partial charge in [-0.1, -0.05) is 19.1 Å². The third-order valence-corrected chi connectivity index (χ3v) is 2.98. The first-order chi connectivity index (χ1) is 8.69. The number of ether oxygens (including phenoxy) is 1. The van der Waals surface area contributed by atoms with Crippen molar-refractivity contribution in [1.82, 2.24) is 15.0 Å². The van der Waals surface area contributed by atoms with Crippen LogP contribution in [0.15, 0.2) is 0 Å². The summed E-state index contributed by atoms with van der Waals surface area (Å²) in [5.41, 5.74) is 7.94.